The maximum absolute atomic E-state index is 13.5. The van der Waals surface area contributed by atoms with Crippen molar-refractivity contribution in [2.75, 3.05) is 18.0 Å². The molecule has 0 aliphatic heterocycles. The van der Waals surface area contributed by atoms with E-state index in [1.165, 1.54) is 7.11 Å². The molecule has 2 rings (SSSR count). The van der Waals surface area contributed by atoms with Crippen molar-refractivity contribution < 1.29 is 17.9 Å². The average molecular weight is 447 g/mol. The van der Waals surface area contributed by atoms with E-state index in [1.54, 1.807) is 48.5 Å². The van der Waals surface area contributed by atoms with Crippen LogP contribution in [0.15, 0.2) is 53.4 Å². The Hall–Kier alpha value is -2.54. The van der Waals surface area contributed by atoms with Crippen LogP contribution >= 0.6 is 0 Å². The highest BCUT2D eigenvalue weighted by molar-refractivity contribution is 7.92. The van der Waals surface area contributed by atoms with E-state index in [1.807, 2.05) is 20.8 Å². The van der Waals surface area contributed by atoms with Crippen LogP contribution in [-0.4, -0.2) is 33.5 Å². The molecular formula is C24H34N2O4S. The van der Waals surface area contributed by atoms with Gasteiger partial charge in [0.25, 0.3) is 10.0 Å². The third-order valence-corrected chi connectivity index (χ3v) is 6.47. The number of para-hydroxylation sites is 2. The van der Waals surface area contributed by atoms with Crippen molar-refractivity contribution >= 4 is 21.6 Å². The van der Waals surface area contributed by atoms with E-state index in [9.17, 15) is 13.2 Å². The molecule has 1 N–H and O–H groups in total. The summed E-state index contributed by atoms with van der Waals surface area (Å²) in [6, 6.07) is 13.4. The molecule has 0 aliphatic carbocycles. The van der Waals surface area contributed by atoms with Crippen molar-refractivity contribution in [1.29, 1.82) is 0 Å². The molecule has 170 valence electrons. The van der Waals surface area contributed by atoms with E-state index in [0.29, 0.717) is 11.4 Å². The molecule has 6 nitrogen and oxygen atoms in total. The van der Waals surface area contributed by atoms with Gasteiger partial charge in [-0.1, -0.05) is 50.6 Å². The normalized spacial score (nSPS) is 12.4. The number of carbonyl (C=O) groups excluding carboxylic acids is 1. The van der Waals surface area contributed by atoms with Crippen LogP contribution in [0.2, 0.25) is 0 Å². The van der Waals surface area contributed by atoms with Crippen LogP contribution < -0.4 is 14.4 Å². The largest absolute Gasteiger partial charge is 0.495 e. The van der Waals surface area contributed by atoms with Crippen molar-refractivity contribution in [2.24, 2.45) is 5.41 Å². The van der Waals surface area contributed by atoms with Crippen LogP contribution in [0.5, 0.6) is 5.75 Å². The zero-order valence-corrected chi connectivity index (χ0v) is 20.3. The molecule has 31 heavy (non-hydrogen) atoms. The van der Waals surface area contributed by atoms with E-state index in [0.717, 1.165) is 16.3 Å². The quantitative estimate of drug-likeness (QED) is 0.646. The van der Waals surface area contributed by atoms with Gasteiger partial charge in [0, 0.05) is 5.54 Å². The predicted octanol–water partition coefficient (Wildman–Crippen LogP) is 4.53. The summed E-state index contributed by atoms with van der Waals surface area (Å²) >= 11 is 0. The lowest BCUT2D eigenvalue weighted by Crippen LogP contribution is -2.50. The molecule has 0 aliphatic rings. The van der Waals surface area contributed by atoms with Gasteiger partial charge in [0.15, 0.2) is 0 Å². The molecule has 2 aromatic rings. The summed E-state index contributed by atoms with van der Waals surface area (Å²) in [5, 5.41) is 3.00. The molecule has 0 saturated heterocycles. The summed E-state index contributed by atoms with van der Waals surface area (Å²) in [4.78, 5) is 13.1. The fourth-order valence-corrected chi connectivity index (χ4v) is 5.32. The minimum Gasteiger partial charge on any atom is -0.495 e. The van der Waals surface area contributed by atoms with Crippen molar-refractivity contribution in [1.82, 2.24) is 5.32 Å². The number of benzene rings is 2. The second-order valence-corrected chi connectivity index (χ2v) is 11.5. The molecule has 2 aromatic carbocycles. The van der Waals surface area contributed by atoms with Gasteiger partial charge in [-0.3, -0.25) is 9.10 Å². The Labute approximate surface area is 186 Å². The second-order valence-electron chi connectivity index (χ2n) is 9.67. The Morgan fingerprint density at radius 1 is 1.00 bits per heavy atom. The van der Waals surface area contributed by atoms with Gasteiger partial charge < -0.3 is 10.1 Å². The number of hydrogen-bond donors (Lipinski definition) is 1. The Balaban J connectivity index is 2.44. The van der Waals surface area contributed by atoms with E-state index in [-0.39, 0.29) is 22.8 Å². The van der Waals surface area contributed by atoms with Gasteiger partial charge in [-0.25, -0.2) is 8.42 Å². The van der Waals surface area contributed by atoms with Crippen LogP contribution in [-0.2, 0) is 14.8 Å². The zero-order valence-electron chi connectivity index (χ0n) is 19.5. The molecule has 0 aromatic heterocycles. The lowest BCUT2D eigenvalue weighted by atomic mass is 9.82. The molecule has 7 heteroatoms. The molecule has 0 fully saturated rings. The first kappa shape index (κ1) is 24.7. The van der Waals surface area contributed by atoms with Crippen LogP contribution in [0.25, 0.3) is 0 Å². The molecule has 1 amide bonds. The van der Waals surface area contributed by atoms with Crippen LogP contribution in [0, 0.1) is 12.3 Å². The summed E-state index contributed by atoms with van der Waals surface area (Å²) in [5.41, 5.74) is 0.779. The summed E-state index contributed by atoms with van der Waals surface area (Å²) in [5.74, 6) is -0.00391. The monoisotopic (exact) mass is 446 g/mol. The lowest BCUT2D eigenvalue weighted by Gasteiger charge is -2.34. The van der Waals surface area contributed by atoms with Crippen molar-refractivity contribution in [3.63, 3.8) is 0 Å². The van der Waals surface area contributed by atoms with Gasteiger partial charge in [0.2, 0.25) is 5.91 Å². The van der Waals surface area contributed by atoms with Crippen molar-refractivity contribution in [2.45, 2.75) is 58.4 Å². The summed E-state index contributed by atoms with van der Waals surface area (Å²) in [7, 11) is -2.52. The highest BCUT2D eigenvalue weighted by atomic mass is 32.2. The molecule has 0 bridgehead atoms. The summed E-state index contributed by atoms with van der Waals surface area (Å²) < 4.78 is 33.6. The first-order valence-corrected chi connectivity index (χ1v) is 11.7. The number of nitrogens with zero attached hydrogens (tertiary/aromatic N) is 1. The SMILES string of the molecule is COc1ccccc1N(CC(=O)NC(C)(C)CC(C)(C)C)S(=O)(=O)c1ccc(C)cc1. The zero-order chi connectivity index (χ0) is 23.4. The van der Waals surface area contributed by atoms with Gasteiger partial charge >= 0.3 is 0 Å². The molecule has 0 spiro atoms. The maximum Gasteiger partial charge on any atom is 0.264 e. The van der Waals surface area contributed by atoms with Gasteiger partial charge in [0.1, 0.15) is 12.3 Å². The number of nitrogens with one attached hydrogen (secondary N) is 1. The number of ether oxygens (including phenoxy) is 1. The number of methoxy groups -OCH3 is 1. The number of anilines is 1. The Morgan fingerprint density at radius 2 is 1.58 bits per heavy atom. The highest BCUT2D eigenvalue weighted by Gasteiger charge is 2.32. The summed E-state index contributed by atoms with van der Waals surface area (Å²) in [6.45, 7) is 11.7. The molecule has 0 unspecified atom stereocenters. The topological polar surface area (TPSA) is 75.7 Å². The molecule has 0 atom stereocenters. The average Bonchev–Trinajstić information content (AvgIpc) is 2.64. The number of carbonyl (C=O) groups is 1. The van der Waals surface area contributed by atoms with Crippen molar-refractivity contribution in [3.05, 3.63) is 54.1 Å². The number of rotatable bonds is 8. The third-order valence-electron chi connectivity index (χ3n) is 4.70. The van der Waals surface area contributed by atoms with Crippen LogP contribution in [0.3, 0.4) is 0 Å². The Bertz CT molecular complexity index is 1010. The second kappa shape index (κ2) is 9.30. The minimum atomic E-state index is -4.00. The Morgan fingerprint density at radius 3 is 2.13 bits per heavy atom. The molecule has 0 radical (unpaired) electrons. The fraction of sp³-hybridized carbons (Fsp3) is 0.458. The maximum atomic E-state index is 13.5. The number of sulfonamides is 1. The smallest absolute Gasteiger partial charge is 0.264 e. The van der Waals surface area contributed by atoms with E-state index in [2.05, 4.69) is 26.1 Å². The summed E-state index contributed by atoms with van der Waals surface area (Å²) in [6.07, 6.45) is 0.741. The van der Waals surface area contributed by atoms with E-state index < -0.39 is 15.6 Å². The van der Waals surface area contributed by atoms with Gasteiger partial charge in [-0.2, -0.15) is 0 Å². The van der Waals surface area contributed by atoms with E-state index in [4.69, 9.17) is 4.74 Å². The molecule has 0 heterocycles. The minimum absolute atomic E-state index is 0.00704. The number of amides is 1. The fourth-order valence-electron chi connectivity index (χ4n) is 3.89. The first-order valence-electron chi connectivity index (χ1n) is 10.3. The highest BCUT2D eigenvalue weighted by Crippen LogP contribution is 2.32. The predicted molar refractivity (Wildman–Crippen MR) is 125 cm³/mol. The van der Waals surface area contributed by atoms with Crippen LogP contribution in [0.1, 0.15) is 46.6 Å². The van der Waals surface area contributed by atoms with E-state index >= 15 is 0 Å². The number of aryl methyl sites for hydroxylation is 1. The van der Waals surface area contributed by atoms with Crippen LogP contribution in [0.4, 0.5) is 5.69 Å². The standard InChI is InChI=1S/C24H34N2O4S/c1-18-12-14-19(15-13-18)31(28,29)26(20-10-8-9-11-21(20)30-7)16-22(27)25-24(5,6)17-23(2,3)4/h8-15H,16-17H2,1-7H3,(H,25,27). The van der Waals surface area contributed by atoms with Gasteiger partial charge in [-0.15, -0.1) is 0 Å². The first-order chi connectivity index (χ1) is 14.2. The molecular weight excluding hydrogens is 412 g/mol. The van der Waals surface area contributed by atoms with Gasteiger partial charge in [0.05, 0.1) is 17.7 Å². The van der Waals surface area contributed by atoms with Gasteiger partial charge in [-0.05, 0) is 56.9 Å². The molecule has 0 saturated carbocycles. The van der Waals surface area contributed by atoms with Crippen molar-refractivity contribution in [3.8, 4) is 5.75 Å². The number of hydrogen-bond acceptors (Lipinski definition) is 4. The lowest BCUT2D eigenvalue weighted by molar-refractivity contribution is -0.121. The third kappa shape index (κ3) is 6.72. The Kier molecular flexibility index (Phi) is 7.42.